The molecular formula is C14H22N4S. The normalized spacial score (nSPS) is 13.7. The number of rotatable bonds is 5. The van der Waals surface area contributed by atoms with Crippen LogP contribution in [0.3, 0.4) is 0 Å². The first kappa shape index (κ1) is 14.2. The van der Waals surface area contributed by atoms with Crippen LogP contribution in [0, 0.1) is 0 Å². The fourth-order valence-electron chi connectivity index (χ4n) is 1.76. The summed E-state index contributed by atoms with van der Waals surface area (Å²) in [6, 6.07) is 2.34. The van der Waals surface area contributed by atoms with Crippen LogP contribution in [-0.4, -0.2) is 20.8 Å². The number of aromatic nitrogens is 3. The Kier molecular flexibility index (Phi) is 4.37. The van der Waals surface area contributed by atoms with Crippen molar-refractivity contribution in [3.63, 3.8) is 0 Å². The quantitative estimate of drug-likeness (QED) is 0.914. The summed E-state index contributed by atoms with van der Waals surface area (Å²) >= 11 is 1.79. The highest BCUT2D eigenvalue weighted by molar-refractivity contribution is 7.11. The van der Waals surface area contributed by atoms with E-state index in [0.29, 0.717) is 6.04 Å². The smallest absolute Gasteiger partial charge is 0.0981 e. The number of nitrogens with one attached hydrogen (secondary N) is 1. The van der Waals surface area contributed by atoms with Gasteiger partial charge in [-0.25, -0.2) is 4.98 Å². The third-order valence-corrected chi connectivity index (χ3v) is 4.26. The second-order valence-corrected chi connectivity index (χ2v) is 7.01. The van der Waals surface area contributed by atoms with Crippen LogP contribution >= 0.6 is 11.3 Å². The predicted molar refractivity (Wildman–Crippen MR) is 79.3 cm³/mol. The molecule has 1 N–H and O–H groups in total. The summed E-state index contributed by atoms with van der Waals surface area (Å²) < 4.78 is 1.95. The van der Waals surface area contributed by atoms with E-state index in [-0.39, 0.29) is 5.41 Å². The lowest BCUT2D eigenvalue weighted by Crippen LogP contribution is -2.29. The summed E-state index contributed by atoms with van der Waals surface area (Å²) in [6.07, 6.45) is 5.78. The molecule has 2 heterocycles. The summed E-state index contributed by atoms with van der Waals surface area (Å²) in [7, 11) is 0. The molecule has 0 saturated heterocycles. The summed E-state index contributed by atoms with van der Waals surface area (Å²) in [5.74, 6) is 0. The maximum Gasteiger partial charge on any atom is 0.0981 e. The lowest BCUT2D eigenvalue weighted by atomic mass is 9.98. The van der Waals surface area contributed by atoms with Gasteiger partial charge in [-0.1, -0.05) is 20.8 Å². The van der Waals surface area contributed by atoms with E-state index in [9.17, 15) is 0 Å². The summed E-state index contributed by atoms with van der Waals surface area (Å²) in [5, 5.41) is 8.92. The molecule has 1 unspecified atom stereocenters. The molecule has 2 aromatic heterocycles. The zero-order valence-corrected chi connectivity index (χ0v) is 12.9. The van der Waals surface area contributed by atoms with Gasteiger partial charge in [0.1, 0.15) is 0 Å². The second-order valence-electron chi connectivity index (χ2n) is 5.89. The second kappa shape index (κ2) is 5.84. The van der Waals surface area contributed by atoms with Crippen LogP contribution in [-0.2, 0) is 18.5 Å². The zero-order valence-electron chi connectivity index (χ0n) is 12.1. The Morgan fingerprint density at radius 3 is 2.79 bits per heavy atom. The first-order valence-electron chi connectivity index (χ1n) is 6.61. The lowest BCUT2D eigenvalue weighted by Gasteiger charge is -2.14. The van der Waals surface area contributed by atoms with Gasteiger partial charge in [-0.2, -0.15) is 5.10 Å². The van der Waals surface area contributed by atoms with E-state index in [1.807, 2.05) is 29.3 Å². The molecule has 0 amide bonds. The van der Waals surface area contributed by atoms with Gasteiger partial charge in [-0.15, -0.1) is 11.3 Å². The van der Waals surface area contributed by atoms with E-state index in [1.165, 1.54) is 9.88 Å². The van der Waals surface area contributed by atoms with Crippen LogP contribution in [0.1, 0.15) is 37.6 Å². The molecule has 0 aliphatic carbocycles. The number of thiazole rings is 1. The lowest BCUT2D eigenvalue weighted by molar-refractivity contribution is 0.452. The zero-order chi connectivity index (χ0) is 13.9. The SMILES string of the molecule is CC(Cn1cccn1)NCc1cnc(C(C)(C)C)s1. The van der Waals surface area contributed by atoms with Crippen LogP contribution in [0.2, 0.25) is 0 Å². The number of nitrogens with zero attached hydrogens (tertiary/aromatic N) is 3. The minimum Gasteiger partial charge on any atom is -0.307 e. The third-order valence-electron chi connectivity index (χ3n) is 2.84. The van der Waals surface area contributed by atoms with E-state index < -0.39 is 0 Å². The molecule has 104 valence electrons. The Labute approximate surface area is 118 Å². The summed E-state index contributed by atoms with van der Waals surface area (Å²) in [5.41, 5.74) is 0.142. The van der Waals surface area contributed by atoms with Crippen molar-refractivity contribution in [1.82, 2.24) is 20.1 Å². The average Bonchev–Trinajstić information content (AvgIpc) is 2.95. The van der Waals surface area contributed by atoms with Crippen molar-refractivity contribution in [3.05, 3.63) is 34.5 Å². The van der Waals surface area contributed by atoms with Crippen molar-refractivity contribution in [3.8, 4) is 0 Å². The molecule has 0 bridgehead atoms. The Bertz CT molecular complexity index is 496. The summed E-state index contributed by atoms with van der Waals surface area (Å²) in [4.78, 5) is 5.79. The van der Waals surface area contributed by atoms with Crippen molar-refractivity contribution in [2.24, 2.45) is 0 Å². The Morgan fingerprint density at radius 2 is 2.21 bits per heavy atom. The minimum absolute atomic E-state index is 0.142. The van der Waals surface area contributed by atoms with Gasteiger partial charge >= 0.3 is 0 Å². The van der Waals surface area contributed by atoms with Crippen LogP contribution in [0.15, 0.2) is 24.7 Å². The van der Waals surface area contributed by atoms with Gasteiger partial charge < -0.3 is 5.32 Å². The van der Waals surface area contributed by atoms with Gasteiger partial charge in [0.25, 0.3) is 0 Å². The highest BCUT2D eigenvalue weighted by Crippen LogP contribution is 2.26. The molecule has 0 saturated carbocycles. The van der Waals surface area contributed by atoms with Gasteiger partial charge in [0.05, 0.1) is 11.6 Å². The average molecular weight is 278 g/mol. The van der Waals surface area contributed by atoms with Crippen molar-refractivity contribution >= 4 is 11.3 Å². The van der Waals surface area contributed by atoms with Crippen molar-refractivity contribution in [2.45, 2.75) is 52.2 Å². The van der Waals surface area contributed by atoms with Gasteiger partial charge in [0, 0.05) is 41.5 Å². The molecular weight excluding hydrogens is 256 g/mol. The van der Waals surface area contributed by atoms with Crippen molar-refractivity contribution in [1.29, 1.82) is 0 Å². The molecule has 0 radical (unpaired) electrons. The topological polar surface area (TPSA) is 42.7 Å². The van der Waals surface area contributed by atoms with Crippen LogP contribution in [0.25, 0.3) is 0 Å². The van der Waals surface area contributed by atoms with Crippen LogP contribution in [0.4, 0.5) is 0 Å². The molecule has 0 fully saturated rings. The van der Waals surface area contributed by atoms with Crippen molar-refractivity contribution < 1.29 is 0 Å². The monoisotopic (exact) mass is 278 g/mol. The third kappa shape index (κ3) is 4.14. The maximum atomic E-state index is 4.50. The number of hydrogen-bond donors (Lipinski definition) is 1. The molecule has 2 aromatic rings. The number of hydrogen-bond acceptors (Lipinski definition) is 4. The van der Waals surface area contributed by atoms with Gasteiger partial charge in [0.2, 0.25) is 0 Å². The Morgan fingerprint density at radius 1 is 1.42 bits per heavy atom. The predicted octanol–water partition coefficient (Wildman–Crippen LogP) is 2.82. The molecule has 2 rings (SSSR count). The van der Waals surface area contributed by atoms with E-state index in [4.69, 9.17) is 0 Å². The van der Waals surface area contributed by atoms with E-state index in [2.05, 4.69) is 43.1 Å². The molecule has 4 nitrogen and oxygen atoms in total. The van der Waals surface area contributed by atoms with E-state index >= 15 is 0 Å². The van der Waals surface area contributed by atoms with Crippen LogP contribution in [0.5, 0.6) is 0 Å². The summed E-state index contributed by atoms with van der Waals surface area (Å²) in [6.45, 7) is 10.5. The van der Waals surface area contributed by atoms with E-state index in [0.717, 1.165) is 13.1 Å². The molecule has 0 spiro atoms. The maximum absolute atomic E-state index is 4.50. The molecule has 0 aliphatic rings. The highest BCUT2D eigenvalue weighted by Gasteiger charge is 2.17. The van der Waals surface area contributed by atoms with Crippen LogP contribution < -0.4 is 5.32 Å². The first-order valence-corrected chi connectivity index (χ1v) is 7.43. The van der Waals surface area contributed by atoms with Gasteiger partial charge in [0.15, 0.2) is 0 Å². The molecule has 5 heteroatoms. The first-order chi connectivity index (χ1) is 8.95. The van der Waals surface area contributed by atoms with Gasteiger partial charge in [-0.3, -0.25) is 4.68 Å². The highest BCUT2D eigenvalue weighted by atomic mass is 32.1. The van der Waals surface area contributed by atoms with Crippen molar-refractivity contribution in [2.75, 3.05) is 0 Å². The standard InChI is InChI=1S/C14H22N4S/c1-11(10-18-7-5-6-17-18)15-8-12-9-16-13(19-12)14(2,3)4/h5-7,9,11,15H,8,10H2,1-4H3. The molecule has 19 heavy (non-hydrogen) atoms. The Balaban J connectivity index is 1.83. The molecule has 1 atom stereocenters. The fourth-order valence-corrected chi connectivity index (χ4v) is 2.69. The van der Waals surface area contributed by atoms with E-state index in [1.54, 1.807) is 11.3 Å². The Hall–Kier alpha value is -1.20. The molecule has 0 aliphatic heterocycles. The fraction of sp³-hybridized carbons (Fsp3) is 0.571. The molecule has 0 aromatic carbocycles. The largest absolute Gasteiger partial charge is 0.307 e. The van der Waals surface area contributed by atoms with Gasteiger partial charge in [-0.05, 0) is 13.0 Å². The minimum atomic E-state index is 0.142.